The van der Waals surface area contributed by atoms with Gasteiger partial charge in [0, 0.05) is 11.3 Å². The molecule has 3 nitrogen and oxygen atoms in total. The van der Waals surface area contributed by atoms with Crippen LogP contribution >= 0.6 is 23.4 Å². The number of rotatable bonds is 6. The average Bonchev–Trinajstić information content (AvgIpc) is 2.97. The van der Waals surface area contributed by atoms with Gasteiger partial charge in [0.05, 0.1) is 11.6 Å². The number of thioether (sulfide) groups is 1. The maximum Gasteiger partial charge on any atom is 0.192 e. The Balaban J connectivity index is 2.04. The van der Waals surface area contributed by atoms with Crippen molar-refractivity contribution in [3.63, 3.8) is 0 Å². The van der Waals surface area contributed by atoms with Crippen molar-refractivity contribution in [2.24, 2.45) is 0 Å². The third kappa shape index (κ3) is 3.66. The van der Waals surface area contributed by atoms with Crippen LogP contribution in [-0.2, 0) is 6.54 Å². The summed E-state index contributed by atoms with van der Waals surface area (Å²) in [7, 11) is 0. The SMILES string of the molecule is C=CCSc1nnc(-c2ccccc2Cl)n1Cc1ccccc1. The molecule has 0 bridgehead atoms. The highest BCUT2D eigenvalue weighted by atomic mass is 35.5. The zero-order valence-electron chi connectivity index (χ0n) is 12.5. The van der Waals surface area contributed by atoms with Gasteiger partial charge < -0.3 is 0 Å². The molecule has 2 aromatic carbocycles. The van der Waals surface area contributed by atoms with E-state index < -0.39 is 0 Å². The lowest BCUT2D eigenvalue weighted by atomic mass is 10.2. The fourth-order valence-corrected chi connectivity index (χ4v) is 3.17. The molecule has 0 fully saturated rings. The Kier molecular flexibility index (Phi) is 5.16. The molecule has 1 heterocycles. The van der Waals surface area contributed by atoms with Gasteiger partial charge in [-0.3, -0.25) is 4.57 Å². The molecule has 1 aromatic heterocycles. The molecule has 23 heavy (non-hydrogen) atoms. The monoisotopic (exact) mass is 341 g/mol. The zero-order valence-corrected chi connectivity index (χ0v) is 14.1. The quantitative estimate of drug-likeness (QED) is 0.470. The van der Waals surface area contributed by atoms with Crippen LogP contribution in [0, 0.1) is 0 Å². The Hall–Kier alpha value is -2.04. The van der Waals surface area contributed by atoms with E-state index in [1.807, 2.05) is 48.5 Å². The molecule has 3 rings (SSSR count). The molecule has 0 spiro atoms. The molecule has 0 unspecified atom stereocenters. The number of nitrogens with zero attached hydrogens (tertiary/aromatic N) is 3. The van der Waals surface area contributed by atoms with Crippen LogP contribution < -0.4 is 0 Å². The predicted octanol–water partition coefficient (Wildman–Crippen LogP) is 4.92. The van der Waals surface area contributed by atoms with Gasteiger partial charge in [-0.15, -0.1) is 16.8 Å². The second-order valence-corrected chi connectivity index (χ2v) is 6.35. The minimum Gasteiger partial charge on any atom is -0.297 e. The van der Waals surface area contributed by atoms with Gasteiger partial charge >= 0.3 is 0 Å². The van der Waals surface area contributed by atoms with E-state index in [0.717, 1.165) is 22.3 Å². The van der Waals surface area contributed by atoms with Gasteiger partial charge in [0.1, 0.15) is 0 Å². The molecule has 0 atom stereocenters. The van der Waals surface area contributed by atoms with Crippen molar-refractivity contribution in [3.05, 3.63) is 77.8 Å². The van der Waals surface area contributed by atoms with E-state index in [4.69, 9.17) is 11.6 Å². The maximum absolute atomic E-state index is 6.34. The molecule has 0 N–H and O–H groups in total. The Bertz CT molecular complexity index is 799. The molecule has 0 aliphatic carbocycles. The summed E-state index contributed by atoms with van der Waals surface area (Å²) in [5.41, 5.74) is 2.09. The fourth-order valence-electron chi connectivity index (χ4n) is 2.28. The van der Waals surface area contributed by atoms with Crippen LogP contribution in [0.1, 0.15) is 5.56 Å². The molecule has 116 valence electrons. The second-order valence-electron chi connectivity index (χ2n) is 4.96. The summed E-state index contributed by atoms with van der Waals surface area (Å²) in [6, 6.07) is 18.0. The molecule has 0 aliphatic rings. The van der Waals surface area contributed by atoms with Crippen LogP contribution in [0.25, 0.3) is 11.4 Å². The molecule has 0 radical (unpaired) electrons. The zero-order chi connectivity index (χ0) is 16.1. The Morgan fingerprint density at radius 2 is 1.78 bits per heavy atom. The maximum atomic E-state index is 6.34. The van der Waals surface area contributed by atoms with Crippen molar-refractivity contribution in [3.8, 4) is 11.4 Å². The molecular weight excluding hydrogens is 326 g/mol. The van der Waals surface area contributed by atoms with Gasteiger partial charge in [0.2, 0.25) is 0 Å². The van der Waals surface area contributed by atoms with Crippen molar-refractivity contribution < 1.29 is 0 Å². The van der Waals surface area contributed by atoms with Gasteiger partial charge in [-0.25, -0.2) is 0 Å². The van der Waals surface area contributed by atoms with Gasteiger partial charge in [-0.2, -0.15) is 0 Å². The van der Waals surface area contributed by atoms with Crippen LogP contribution in [0.5, 0.6) is 0 Å². The van der Waals surface area contributed by atoms with Crippen molar-refractivity contribution in [2.75, 3.05) is 5.75 Å². The van der Waals surface area contributed by atoms with Crippen molar-refractivity contribution in [1.29, 1.82) is 0 Å². The summed E-state index contributed by atoms with van der Waals surface area (Å²) in [6.45, 7) is 4.47. The Morgan fingerprint density at radius 3 is 2.52 bits per heavy atom. The van der Waals surface area contributed by atoms with E-state index in [0.29, 0.717) is 11.6 Å². The third-order valence-electron chi connectivity index (χ3n) is 3.35. The molecule has 0 amide bonds. The van der Waals surface area contributed by atoms with Crippen LogP contribution in [0.15, 0.2) is 72.4 Å². The smallest absolute Gasteiger partial charge is 0.192 e. The van der Waals surface area contributed by atoms with Crippen molar-refractivity contribution in [2.45, 2.75) is 11.7 Å². The molecular formula is C18H16ClN3S. The van der Waals surface area contributed by atoms with Crippen molar-refractivity contribution >= 4 is 23.4 Å². The van der Waals surface area contributed by atoms with E-state index in [2.05, 4.69) is 33.5 Å². The molecule has 0 saturated carbocycles. The summed E-state index contributed by atoms with van der Waals surface area (Å²) in [5.74, 6) is 1.57. The topological polar surface area (TPSA) is 30.7 Å². The van der Waals surface area contributed by atoms with Gasteiger partial charge in [0.15, 0.2) is 11.0 Å². The van der Waals surface area contributed by atoms with Crippen LogP contribution in [-0.4, -0.2) is 20.5 Å². The lowest BCUT2D eigenvalue weighted by Gasteiger charge is -2.11. The molecule has 0 saturated heterocycles. The number of hydrogen-bond acceptors (Lipinski definition) is 3. The normalized spacial score (nSPS) is 10.7. The minimum absolute atomic E-state index is 0.675. The highest BCUT2D eigenvalue weighted by molar-refractivity contribution is 7.99. The van der Waals surface area contributed by atoms with Crippen LogP contribution in [0.3, 0.4) is 0 Å². The van der Waals surface area contributed by atoms with E-state index in [1.165, 1.54) is 5.56 Å². The van der Waals surface area contributed by atoms with Crippen LogP contribution in [0.4, 0.5) is 0 Å². The summed E-state index contributed by atoms with van der Waals surface area (Å²) in [6.07, 6.45) is 1.86. The Morgan fingerprint density at radius 1 is 1.04 bits per heavy atom. The van der Waals surface area contributed by atoms with E-state index in [-0.39, 0.29) is 0 Å². The highest BCUT2D eigenvalue weighted by Crippen LogP contribution is 2.29. The van der Waals surface area contributed by atoms with Crippen molar-refractivity contribution in [1.82, 2.24) is 14.8 Å². The number of halogens is 1. The van der Waals surface area contributed by atoms with Gasteiger partial charge in [-0.1, -0.05) is 71.9 Å². The lowest BCUT2D eigenvalue weighted by molar-refractivity contribution is 0.715. The number of aromatic nitrogens is 3. The van der Waals surface area contributed by atoms with E-state index >= 15 is 0 Å². The van der Waals surface area contributed by atoms with E-state index in [9.17, 15) is 0 Å². The summed E-state index contributed by atoms with van der Waals surface area (Å²) >= 11 is 7.96. The lowest BCUT2D eigenvalue weighted by Crippen LogP contribution is -2.04. The third-order valence-corrected chi connectivity index (χ3v) is 4.64. The molecule has 0 aliphatic heterocycles. The highest BCUT2D eigenvalue weighted by Gasteiger charge is 2.16. The van der Waals surface area contributed by atoms with E-state index in [1.54, 1.807) is 11.8 Å². The molecule has 5 heteroatoms. The standard InChI is InChI=1S/C18H16ClN3S/c1-2-12-23-18-21-20-17(15-10-6-7-11-16(15)19)22(18)13-14-8-4-3-5-9-14/h2-11H,1,12-13H2. The largest absolute Gasteiger partial charge is 0.297 e. The molecule has 3 aromatic rings. The number of benzene rings is 2. The van der Waals surface area contributed by atoms with Gasteiger partial charge in [-0.05, 0) is 17.7 Å². The summed E-state index contributed by atoms with van der Waals surface area (Å²) < 4.78 is 2.10. The first-order valence-corrected chi connectivity index (χ1v) is 8.61. The first kappa shape index (κ1) is 15.8. The summed E-state index contributed by atoms with van der Waals surface area (Å²) in [4.78, 5) is 0. The van der Waals surface area contributed by atoms with Crippen LogP contribution in [0.2, 0.25) is 5.02 Å². The minimum atomic E-state index is 0.675. The first-order chi connectivity index (χ1) is 11.3. The summed E-state index contributed by atoms with van der Waals surface area (Å²) in [5, 5.41) is 10.2. The Labute approximate surface area is 145 Å². The average molecular weight is 342 g/mol. The second kappa shape index (κ2) is 7.49. The first-order valence-electron chi connectivity index (χ1n) is 7.25. The fraction of sp³-hybridized carbons (Fsp3) is 0.111. The number of hydrogen-bond donors (Lipinski definition) is 0. The predicted molar refractivity (Wildman–Crippen MR) is 96.9 cm³/mol. The van der Waals surface area contributed by atoms with Gasteiger partial charge in [0.25, 0.3) is 0 Å².